The lowest BCUT2D eigenvalue weighted by atomic mass is 10.1. The van der Waals surface area contributed by atoms with E-state index in [4.69, 9.17) is 9.47 Å². The van der Waals surface area contributed by atoms with Gasteiger partial charge in [-0.05, 0) is 69.5 Å². The Bertz CT molecular complexity index is 1160. The van der Waals surface area contributed by atoms with Crippen LogP contribution in [-0.2, 0) is 20.8 Å². The van der Waals surface area contributed by atoms with E-state index in [1.54, 1.807) is 54.3 Å². The molecule has 0 bridgehead atoms. The first kappa shape index (κ1) is 27.5. The van der Waals surface area contributed by atoms with Crippen molar-refractivity contribution < 1.29 is 28.7 Å². The Morgan fingerprint density at radius 3 is 2.38 bits per heavy atom. The number of esters is 1. The van der Waals surface area contributed by atoms with Crippen LogP contribution < -0.4 is 16.0 Å². The van der Waals surface area contributed by atoms with E-state index in [0.29, 0.717) is 48.6 Å². The number of likely N-dealkylation sites (tertiary alicyclic amines) is 1. The topological polar surface area (TPSA) is 126 Å². The highest BCUT2D eigenvalue weighted by Gasteiger charge is 2.33. The number of ether oxygens (including phenoxy) is 2. The van der Waals surface area contributed by atoms with E-state index in [-0.39, 0.29) is 11.8 Å². The molecule has 1 saturated heterocycles. The molecule has 0 aromatic heterocycles. The van der Waals surface area contributed by atoms with Gasteiger partial charge in [0.25, 0.3) is 0 Å². The predicted octanol–water partition coefficient (Wildman–Crippen LogP) is 4.30. The lowest BCUT2D eigenvalue weighted by Crippen LogP contribution is -2.37. The molecule has 1 atom stereocenters. The van der Waals surface area contributed by atoms with Crippen LogP contribution in [0.2, 0.25) is 0 Å². The van der Waals surface area contributed by atoms with Crippen molar-refractivity contribution in [3.05, 3.63) is 59.2 Å². The molecule has 1 heterocycles. The number of anilines is 2. The van der Waals surface area contributed by atoms with Crippen LogP contribution in [-0.4, -0.2) is 54.7 Å². The summed E-state index contributed by atoms with van der Waals surface area (Å²) >= 11 is 0. The van der Waals surface area contributed by atoms with Gasteiger partial charge in [-0.1, -0.05) is 18.2 Å². The minimum atomic E-state index is -0.576. The standard InChI is InChI=1S/C27H34N4O6/c1-17-21(24(33)36-5)7-6-8-22(17)30-25(34)29-20-11-9-18(10-12-20)15-28-23(32)19-13-14-31(16-19)26(35)37-27(2,3)4/h6-12,19H,13-16H2,1-5H3,(H,28,32)(H2,29,30,34)/t19-/m0/s1. The smallest absolute Gasteiger partial charge is 0.410 e. The summed E-state index contributed by atoms with van der Waals surface area (Å²) in [5, 5.41) is 8.39. The molecule has 198 valence electrons. The summed E-state index contributed by atoms with van der Waals surface area (Å²) in [5.41, 5.74) is 2.33. The fourth-order valence-electron chi connectivity index (χ4n) is 3.89. The molecule has 37 heavy (non-hydrogen) atoms. The number of methoxy groups -OCH3 is 1. The minimum absolute atomic E-state index is 0.114. The number of carbonyl (C=O) groups is 4. The van der Waals surface area contributed by atoms with Gasteiger partial charge in [0, 0.05) is 31.0 Å². The van der Waals surface area contributed by atoms with E-state index in [9.17, 15) is 19.2 Å². The van der Waals surface area contributed by atoms with Crippen LogP contribution in [0.5, 0.6) is 0 Å². The summed E-state index contributed by atoms with van der Waals surface area (Å²) in [6, 6.07) is 11.6. The Hall–Kier alpha value is -4.08. The molecule has 0 spiro atoms. The molecular formula is C27H34N4O6. The van der Waals surface area contributed by atoms with Gasteiger partial charge in [-0.15, -0.1) is 0 Å². The van der Waals surface area contributed by atoms with Gasteiger partial charge >= 0.3 is 18.1 Å². The van der Waals surface area contributed by atoms with Gasteiger partial charge in [0.05, 0.1) is 18.6 Å². The fourth-order valence-corrected chi connectivity index (χ4v) is 3.89. The number of hydrogen-bond acceptors (Lipinski definition) is 6. The van der Waals surface area contributed by atoms with Gasteiger partial charge in [-0.3, -0.25) is 4.79 Å². The van der Waals surface area contributed by atoms with E-state index in [1.165, 1.54) is 7.11 Å². The molecule has 1 aliphatic rings. The first-order chi connectivity index (χ1) is 17.5. The van der Waals surface area contributed by atoms with Gasteiger partial charge in [-0.25, -0.2) is 14.4 Å². The Labute approximate surface area is 216 Å². The fraction of sp³-hybridized carbons (Fsp3) is 0.407. The number of nitrogens with one attached hydrogen (secondary N) is 3. The van der Waals surface area contributed by atoms with Crippen molar-refractivity contribution in [2.24, 2.45) is 5.92 Å². The average Bonchev–Trinajstić information content (AvgIpc) is 3.34. The Morgan fingerprint density at radius 2 is 1.73 bits per heavy atom. The SMILES string of the molecule is COC(=O)c1cccc(NC(=O)Nc2ccc(CNC(=O)[C@H]3CCN(C(=O)OC(C)(C)C)C3)cc2)c1C. The van der Waals surface area contributed by atoms with Crippen molar-refractivity contribution in [1.82, 2.24) is 10.2 Å². The molecule has 1 aliphatic heterocycles. The van der Waals surface area contributed by atoms with Crippen LogP contribution in [0.25, 0.3) is 0 Å². The summed E-state index contributed by atoms with van der Waals surface area (Å²) in [4.78, 5) is 50.7. The van der Waals surface area contributed by atoms with Crippen LogP contribution >= 0.6 is 0 Å². The number of nitrogens with zero attached hydrogens (tertiary/aromatic N) is 1. The molecule has 0 saturated carbocycles. The van der Waals surface area contributed by atoms with Crippen molar-refractivity contribution in [2.75, 3.05) is 30.8 Å². The molecule has 2 aromatic rings. The van der Waals surface area contributed by atoms with E-state index >= 15 is 0 Å². The van der Waals surface area contributed by atoms with Gasteiger partial charge in [0.2, 0.25) is 5.91 Å². The molecule has 0 unspecified atom stereocenters. The van der Waals surface area contributed by atoms with Gasteiger partial charge in [0.1, 0.15) is 5.60 Å². The Balaban J connectivity index is 1.47. The zero-order chi connectivity index (χ0) is 27.2. The maximum Gasteiger partial charge on any atom is 0.410 e. The molecule has 10 nitrogen and oxygen atoms in total. The average molecular weight is 511 g/mol. The van der Waals surface area contributed by atoms with Crippen molar-refractivity contribution >= 4 is 35.4 Å². The van der Waals surface area contributed by atoms with Gasteiger partial charge < -0.3 is 30.3 Å². The molecule has 0 aliphatic carbocycles. The second-order valence-electron chi connectivity index (χ2n) is 9.88. The van der Waals surface area contributed by atoms with E-state index in [2.05, 4.69) is 16.0 Å². The van der Waals surface area contributed by atoms with Gasteiger partial charge in [-0.2, -0.15) is 0 Å². The van der Waals surface area contributed by atoms with Crippen LogP contribution in [0.15, 0.2) is 42.5 Å². The monoisotopic (exact) mass is 510 g/mol. The molecule has 3 N–H and O–H groups in total. The molecular weight excluding hydrogens is 476 g/mol. The maximum absolute atomic E-state index is 12.6. The van der Waals surface area contributed by atoms with Crippen LogP contribution in [0.4, 0.5) is 21.0 Å². The molecule has 0 radical (unpaired) electrons. The number of benzene rings is 2. The highest BCUT2D eigenvalue weighted by atomic mass is 16.6. The first-order valence-electron chi connectivity index (χ1n) is 12.1. The molecule has 3 rings (SSSR count). The third kappa shape index (κ3) is 7.70. The summed E-state index contributed by atoms with van der Waals surface area (Å²) in [6.45, 7) is 8.31. The lowest BCUT2D eigenvalue weighted by molar-refractivity contribution is -0.124. The highest BCUT2D eigenvalue weighted by Crippen LogP contribution is 2.21. The number of hydrogen-bond donors (Lipinski definition) is 3. The summed E-state index contributed by atoms with van der Waals surface area (Å²) in [6.07, 6.45) is 0.187. The summed E-state index contributed by atoms with van der Waals surface area (Å²) in [7, 11) is 1.30. The van der Waals surface area contributed by atoms with E-state index in [0.717, 1.165) is 5.56 Å². The minimum Gasteiger partial charge on any atom is -0.465 e. The van der Waals surface area contributed by atoms with Crippen molar-refractivity contribution in [3.8, 4) is 0 Å². The third-order valence-corrected chi connectivity index (χ3v) is 5.88. The first-order valence-corrected chi connectivity index (χ1v) is 12.1. The number of rotatable bonds is 6. The molecule has 10 heteroatoms. The Morgan fingerprint density at radius 1 is 1.03 bits per heavy atom. The quantitative estimate of drug-likeness (QED) is 0.498. The second kappa shape index (κ2) is 11.8. The molecule has 4 amide bonds. The summed E-state index contributed by atoms with van der Waals surface area (Å²) in [5.74, 6) is -0.868. The van der Waals surface area contributed by atoms with Crippen molar-refractivity contribution in [3.63, 3.8) is 0 Å². The molecule has 2 aromatic carbocycles. The van der Waals surface area contributed by atoms with Crippen molar-refractivity contribution in [2.45, 2.75) is 46.3 Å². The lowest BCUT2D eigenvalue weighted by Gasteiger charge is -2.24. The van der Waals surface area contributed by atoms with E-state index in [1.807, 2.05) is 20.8 Å². The zero-order valence-electron chi connectivity index (χ0n) is 21.8. The number of urea groups is 1. The summed E-state index contributed by atoms with van der Waals surface area (Å²) < 4.78 is 10.1. The second-order valence-corrected chi connectivity index (χ2v) is 9.88. The number of amides is 4. The van der Waals surface area contributed by atoms with Crippen LogP contribution in [0.1, 0.15) is 48.7 Å². The zero-order valence-corrected chi connectivity index (χ0v) is 21.8. The van der Waals surface area contributed by atoms with Crippen LogP contribution in [0.3, 0.4) is 0 Å². The normalized spacial score (nSPS) is 15.1. The largest absolute Gasteiger partial charge is 0.465 e. The predicted molar refractivity (Wildman–Crippen MR) is 139 cm³/mol. The van der Waals surface area contributed by atoms with Gasteiger partial charge in [0.15, 0.2) is 0 Å². The van der Waals surface area contributed by atoms with Crippen LogP contribution in [0, 0.1) is 12.8 Å². The number of carbonyl (C=O) groups excluding carboxylic acids is 4. The molecule has 1 fully saturated rings. The highest BCUT2D eigenvalue weighted by molar-refractivity contribution is 6.01. The Kier molecular flexibility index (Phi) is 8.75. The maximum atomic E-state index is 12.6. The van der Waals surface area contributed by atoms with Crippen molar-refractivity contribution in [1.29, 1.82) is 0 Å². The third-order valence-electron chi connectivity index (χ3n) is 5.88. The van der Waals surface area contributed by atoms with E-state index < -0.39 is 23.7 Å².